The molecule has 6 heteroatoms. The Labute approximate surface area is 152 Å². The lowest BCUT2D eigenvalue weighted by Gasteiger charge is -2.14. The van der Waals surface area contributed by atoms with Crippen LogP contribution in [0, 0.1) is 0 Å². The smallest absolute Gasteiger partial charge is 0.225 e. The lowest BCUT2D eigenvalue weighted by molar-refractivity contribution is 0.753. The first kappa shape index (κ1) is 17.2. The fourth-order valence-electron chi connectivity index (χ4n) is 2.24. The van der Waals surface area contributed by atoms with E-state index in [0.717, 1.165) is 23.5 Å². The largest absolute Gasteiger partial charge is 0.352 e. The third-order valence-corrected chi connectivity index (χ3v) is 4.11. The summed E-state index contributed by atoms with van der Waals surface area (Å²) in [6.45, 7) is 4.21. The van der Waals surface area contributed by atoms with Gasteiger partial charge in [0.25, 0.3) is 0 Å². The molecule has 3 aromatic rings. The van der Waals surface area contributed by atoms with Crippen molar-refractivity contribution in [2.45, 2.75) is 26.3 Å². The van der Waals surface area contributed by atoms with Crippen LogP contribution in [0.25, 0.3) is 11.4 Å². The van der Waals surface area contributed by atoms with Gasteiger partial charge >= 0.3 is 0 Å². The van der Waals surface area contributed by atoms with E-state index in [1.165, 1.54) is 0 Å². The maximum Gasteiger partial charge on any atom is 0.225 e. The van der Waals surface area contributed by atoms with Crippen molar-refractivity contribution in [2.24, 2.45) is 0 Å². The van der Waals surface area contributed by atoms with E-state index in [1.54, 1.807) is 6.20 Å². The number of hydrogen-bond acceptors (Lipinski definition) is 5. The van der Waals surface area contributed by atoms with Crippen molar-refractivity contribution in [3.8, 4) is 11.4 Å². The molecule has 1 aromatic carbocycles. The zero-order valence-corrected chi connectivity index (χ0v) is 15.0. The average Bonchev–Trinajstić information content (AvgIpc) is 2.64. The maximum absolute atomic E-state index is 6.24. The number of aromatic nitrogens is 3. The van der Waals surface area contributed by atoms with Gasteiger partial charge in [0.05, 0.1) is 22.1 Å². The maximum atomic E-state index is 6.24. The summed E-state index contributed by atoms with van der Waals surface area (Å²) in [5.41, 5.74) is 2.33. The molecular weight excluding hydrogens is 334 g/mol. The van der Waals surface area contributed by atoms with Gasteiger partial charge < -0.3 is 10.6 Å². The topological polar surface area (TPSA) is 62.7 Å². The van der Waals surface area contributed by atoms with Gasteiger partial charge in [0, 0.05) is 18.3 Å². The third kappa shape index (κ3) is 4.45. The Kier molecular flexibility index (Phi) is 5.46. The first-order valence-electron chi connectivity index (χ1n) is 8.24. The first-order chi connectivity index (χ1) is 12.2. The van der Waals surface area contributed by atoms with Gasteiger partial charge in [-0.15, -0.1) is 0 Å². The number of halogens is 1. The fraction of sp³-hybridized carbons (Fsp3) is 0.211. The van der Waals surface area contributed by atoms with Crippen molar-refractivity contribution in [3.05, 3.63) is 59.8 Å². The average molecular weight is 354 g/mol. The van der Waals surface area contributed by atoms with Crippen LogP contribution in [0.2, 0.25) is 5.02 Å². The number of benzene rings is 1. The van der Waals surface area contributed by atoms with E-state index >= 15 is 0 Å². The normalized spacial score (nSPS) is 11.8. The molecule has 1 atom stereocenters. The van der Waals surface area contributed by atoms with E-state index in [-0.39, 0.29) is 6.04 Å². The minimum Gasteiger partial charge on any atom is -0.352 e. The van der Waals surface area contributed by atoms with Gasteiger partial charge in [0.2, 0.25) is 5.95 Å². The molecule has 2 heterocycles. The molecule has 2 aromatic heterocycles. The van der Waals surface area contributed by atoms with E-state index in [1.807, 2.05) is 48.5 Å². The fourth-order valence-corrected chi connectivity index (χ4v) is 2.43. The molecule has 0 aliphatic rings. The first-order valence-corrected chi connectivity index (χ1v) is 8.62. The summed E-state index contributed by atoms with van der Waals surface area (Å²) in [7, 11) is 0. The molecule has 0 unspecified atom stereocenters. The summed E-state index contributed by atoms with van der Waals surface area (Å²) < 4.78 is 0. The van der Waals surface area contributed by atoms with Crippen molar-refractivity contribution < 1.29 is 0 Å². The predicted octanol–water partition coefficient (Wildman–Crippen LogP) is 5.15. The summed E-state index contributed by atoms with van der Waals surface area (Å²) >= 11 is 6.24. The summed E-state index contributed by atoms with van der Waals surface area (Å²) in [6.07, 6.45) is 2.73. The number of anilines is 3. The molecular formula is C19H20ClN5. The van der Waals surface area contributed by atoms with Crippen molar-refractivity contribution >= 4 is 29.1 Å². The van der Waals surface area contributed by atoms with E-state index in [2.05, 4.69) is 39.4 Å². The van der Waals surface area contributed by atoms with Crippen molar-refractivity contribution in [2.75, 3.05) is 10.6 Å². The monoisotopic (exact) mass is 353 g/mol. The van der Waals surface area contributed by atoms with Crippen LogP contribution < -0.4 is 10.6 Å². The number of pyridine rings is 1. The molecule has 25 heavy (non-hydrogen) atoms. The molecule has 0 saturated carbocycles. The van der Waals surface area contributed by atoms with E-state index in [0.29, 0.717) is 16.8 Å². The third-order valence-electron chi connectivity index (χ3n) is 3.78. The van der Waals surface area contributed by atoms with Crippen LogP contribution >= 0.6 is 11.6 Å². The molecule has 0 aliphatic heterocycles. The second-order valence-corrected chi connectivity index (χ2v) is 6.14. The van der Waals surface area contributed by atoms with Crippen molar-refractivity contribution in [1.29, 1.82) is 0 Å². The van der Waals surface area contributed by atoms with Crippen LogP contribution in [-0.4, -0.2) is 21.0 Å². The number of rotatable bonds is 6. The SMILES string of the molecule is CC[C@@H](C)Nc1nc(Nc2ccccc2Cl)cc(-c2ccccn2)n1. The van der Waals surface area contributed by atoms with Gasteiger partial charge in [-0.05, 0) is 37.6 Å². The predicted molar refractivity (Wildman–Crippen MR) is 103 cm³/mol. The number of hydrogen-bond donors (Lipinski definition) is 2. The van der Waals surface area contributed by atoms with Gasteiger partial charge in [-0.1, -0.05) is 36.7 Å². The number of para-hydroxylation sites is 1. The summed E-state index contributed by atoms with van der Waals surface area (Å²) in [4.78, 5) is 13.5. The number of nitrogens with one attached hydrogen (secondary N) is 2. The molecule has 0 radical (unpaired) electrons. The van der Waals surface area contributed by atoms with Crippen molar-refractivity contribution in [1.82, 2.24) is 15.0 Å². The van der Waals surface area contributed by atoms with Gasteiger partial charge in [-0.2, -0.15) is 4.98 Å². The molecule has 0 aliphatic carbocycles. The molecule has 128 valence electrons. The molecule has 0 saturated heterocycles. The Morgan fingerprint density at radius 3 is 2.56 bits per heavy atom. The molecule has 5 nitrogen and oxygen atoms in total. The second-order valence-electron chi connectivity index (χ2n) is 5.74. The van der Waals surface area contributed by atoms with Gasteiger partial charge in [-0.3, -0.25) is 4.98 Å². The van der Waals surface area contributed by atoms with Crippen LogP contribution in [0.3, 0.4) is 0 Å². The van der Waals surface area contributed by atoms with Gasteiger partial charge in [0.15, 0.2) is 0 Å². The molecule has 0 amide bonds. The van der Waals surface area contributed by atoms with E-state index in [9.17, 15) is 0 Å². The molecule has 3 rings (SSSR count). The number of nitrogens with zero attached hydrogens (tertiary/aromatic N) is 3. The zero-order chi connectivity index (χ0) is 17.6. The molecule has 2 N–H and O–H groups in total. The Hall–Kier alpha value is -2.66. The highest BCUT2D eigenvalue weighted by molar-refractivity contribution is 6.33. The van der Waals surface area contributed by atoms with Gasteiger partial charge in [0.1, 0.15) is 5.82 Å². The highest BCUT2D eigenvalue weighted by atomic mass is 35.5. The Bertz CT molecular complexity index is 838. The molecule has 0 fully saturated rings. The van der Waals surface area contributed by atoms with Crippen LogP contribution in [0.5, 0.6) is 0 Å². The van der Waals surface area contributed by atoms with Crippen LogP contribution in [0.4, 0.5) is 17.5 Å². The van der Waals surface area contributed by atoms with Crippen LogP contribution in [-0.2, 0) is 0 Å². The second kappa shape index (κ2) is 7.94. The zero-order valence-electron chi connectivity index (χ0n) is 14.2. The highest BCUT2D eigenvalue weighted by Gasteiger charge is 2.10. The lowest BCUT2D eigenvalue weighted by Crippen LogP contribution is -2.16. The standard InChI is InChI=1S/C19H20ClN5/c1-3-13(2)22-19-24-17(16-10-6-7-11-21-16)12-18(25-19)23-15-9-5-4-8-14(15)20/h4-13H,3H2,1-2H3,(H2,22,23,24,25)/t13-/m1/s1. The Morgan fingerprint density at radius 1 is 1.04 bits per heavy atom. The van der Waals surface area contributed by atoms with Crippen LogP contribution in [0.1, 0.15) is 20.3 Å². The van der Waals surface area contributed by atoms with Crippen LogP contribution in [0.15, 0.2) is 54.7 Å². The highest BCUT2D eigenvalue weighted by Crippen LogP contribution is 2.26. The molecule has 0 bridgehead atoms. The molecule has 0 spiro atoms. The quantitative estimate of drug-likeness (QED) is 0.642. The summed E-state index contributed by atoms with van der Waals surface area (Å²) in [5.74, 6) is 1.22. The summed E-state index contributed by atoms with van der Waals surface area (Å²) in [6, 6.07) is 15.4. The minimum absolute atomic E-state index is 0.271. The van der Waals surface area contributed by atoms with Crippen molar-refractivity contribution in [3.63, 3.8) is 0 Å². The van der Waals surface area contributed by atoms with Gasteiger partial charge in [-0.25, -0.2) is 4.98 Å². The lowest BCUT2D eigenvalue weighted by atomic mass is 10.2. The van der Waals surface area contributed by atoms with E-state index < -0.39 is 0 Å². The Balaban J connectivity index is 1.99. The minimum atomic E-state index is 0.271. The van der Waals surface area contributed by atoms with E-state index in [4.69, 9.17) is 11.6 Å². The summed E-state index contributed by atoms with van der Waals surface area (Å²) in [5, 5.41) is 7.22. The Morgan fingerprint density at radius 2 is 1.84 bits per heavy atom.